The second-order valence-corrected chi connectivity index (χ2v) is 6.22. The lowest BCUT2D eigenvalue weighted by Crippen LogP contribution is -2.20. The number of amides is 1. The Balaban J connectivity index is 1.82. The van der Waals surface area contributed by atoms with Crippen LogP contribution in [0, 0.1) is 19.7 Å². The van der Waals surface area contributed by atoms with Gasteiger partial charge in [-0.25, -0.2) is 4.39 Å². The molecule has 0 radical (unpaired) electrons. The van der Waals surface area contributed by atoms with E-state index in [9.17, 15) is 9.18 Å². The zero-order chi connectivity index (χ0) is 17.8. The fourth-order valence-corrected chi connectivity index (χ4v) is 2.95. The van der Waals surface area contributed by atoms with Crippen molar-refractivity contribution < 1.29 is 9.18 Å². The van der Waals surface area contributed by atoms with E-state index >= 15 is 0 Å². The Labute approximate surface area is 147 Å². The number of nitrogens with zero attached hydrogens (tertiary/aromatic N) is 1. The van der Waals surface area contributed by atoms with E-state index in [0.29, 0.717) is 11.3 Å². The molecule has 0 saturated carbocycles. The van der Waals surface area contributed by atoms with Gasteiger partial charge < -0.3 is 9.88 Å². The Bertz CT molecular complexity index is 871. The lowest BCUT2D eigenvalue weighted by Gasteiger charge is -2.21. The summed E-state index contributed by atoms with van der Waals surface area (Å²) in [6, 6.07) is 16.6. The molecular weight excluding hydrogens is 315 g/mol. The molecule has 1 aromatic heterocycles. The number of benzene rings is 2. The van der Waals surface area contributed by atoms with Crippen molar-refractivity contribution in [1.29, 1.82) is 0 Å². The number of nitrogens with one attached hydrogen (secondary N) is 1. The summed E-state index contributed by atoms with van der Waals surface area (Å²) in [6.45, 7) is 3.74. The van der Waals surface area contributed by atoms with Crippen molar-refractivity contribution in [3.05, 3.63) is 89.5 Å². The molecule has 1 atom stereocenters. The number of carbonyl (C=O) groups is 1. The smallest absolute Gasteiger partial charge is 0.226 e. The Morgan fingerprint density at radius 2 is 1.76 bits per heavy atom. The predicted molar refractivity (Wildman–Crippen MR) is 98.1 cm³/mol. The summed E-state index contributed by atoms with van der Waals surface area (Å²) in [5.74, 6) is -0.469. The molecule has 1 amide bonds. The molecule has 3 nitrogen and oxygen atoms in total. The van der Waals surface area contributed by atoms with E-state index in [1.165, 1.54) is 6.07 Å². The number of anilines is 1. The van der Waals surface area contributed by atoms with Gasteiger partial charge >= 0.3 is 0 Å². The number of halogens is 1. The van der Waals surface area contributed by atoms with E-state index in [2.05, 4.69) is 5.32 Å². The molecule has 3 aromatic rings. The van der Waals surface area contributed by atoms with Gasteiger partial charge in [0.2, 0.25) is 5.91 Å². The zero-order valence-electron chi connectivity index (χ0n) is 14.4. The summed E-state index contributed by atoms with van der Waals surface area (Å²) in [6.07, 6.45) is 4.18. The average Bonchev–Trinajstić information content (AvgIpc) is 3.11. The van der Waals surface area contributed by atoms with Crippen LogP contribution in [-0.4, -0.2) is 10.5 Å². The molecule has 0 unspecified atom stereocenters. The quantitative estimate of drug-likeness (QED) is 0.709. The topological polar surface area (TPSA) is 34.0 Å². The highest BCUT2D eigenvalue weighted by molar-refractivity contribution is 5.91. The van der Waals surface area contributed by atoms with Crippen molar-refractivity contribution in [2.75, 3.05) is 5.32 Å². The summed E-state index contributed by atoms with van der Waals surface area (Å²) in [4.78, 5) is 12.6. The minimum atomic E-state index is -0.321. The van der Waals surface area contributed by atoms with Gasteiger partial charge in [-0.2, -0.15) is 0 Å². The standard InChI is InChI=1S/C21H21FN2O/c1-15-7-3-4-8-18(15)20(24-11-5-6-12-24)14-21(25)23-17-10-9-16(2)19(22)13-17/h3-13,20H,14H2,1-2H3,(H,23,25)/t20-/m0/s1. The minimum absolute atomic E-state index is 0.105. The van der Waals surface area contributed by atoms with Gasteiger partial charge in [-0.3, -0.25) is 4.79 Å². The Morgan fingerprint density at radius 3 is 2.44 bits per heavy atom. The van der Waals surface area contributed by atoms with Crippen LogP contribution in [0.4, 0.5) is 10.1 Å². The lowest BCUT2D eigenvalue weighted by molar-refractivity contribution is -0.116. The van der Waals surface area contributed by atoms with Crippen LogP contribution in [0.2, 0.25) is 0 Å². The normalized spacial score (nSPS) is 12.0. The first-order valence-electron chi connectivity index (χ1n) is 8.28. The van der Waals surface area contributed by atoms with Crippen molar-refractivity contribution in [2.24, 2.45) is 0 Å². The van der Waals surface area contributed by atoms with Gasteiger partial charge in [-0.1, -0.05) is 30.3 Å². The van der Waals surface area contributed by atoms with Gasteiger partial charge in [0.1, 0.15) is 5.82 Å². The molecule has 3 rings (SSSR count). The Morgan fingerprint density at radius 1 is 1.04 bits per heavy atom. The first kappa shape index (κ1) is 17.0. The summed E-state index contributed by atoms with van der Waals surface area (Å²) in [5, 5.41) is 2.80. The van der Waals surface area contributed by atoms with Crippen LogP contribution in [-0.2, 0) is 4.79 Å². The summed E-state index contributed by atoms with van der Waals surface area (Å²) in [7, 11) is 0. The Kier molecular flexibility index (Phi) is 4.98. The van der Waals surface area contributed by atoms with E-state index in [1.807, 2.05) is 60.3 Å². The number of carbonyl (C=O) groups excluding carboxylic acids is 1. The van der Waals surface area contributed by atoms with Crippen LogP contribution in [0.15, 0.2) is 67.0 Å². The van der Waals surface area contributed by atoms with Gasteiger partial charge in [-0.15, -0.1) is 0 Å². The fourth-order valence-electron chi connectivity index (χ4n) is 2.95. The molecule has 0 spiro atoms. The summed E-state index contributed by atoms with van der Waals surface area (Å²) < 4.78 is 15.7. The second kappa shape index (κ2) is 7.34. The Hall–Kier alpha value is -2.88. The van der Waals surface area contributed by atoms with Gasteiger partial charge in [0.05, 0.1) is 12.5 Å². The summed E-state index contributed by atoms with van der Waals surface area (Å²) >= 11 is 0. The van der Waals surface area contributed by atoms with E-state index in [4.69, 9.17) is 0 Å². The van der Waals surface area contributed by atoms with E-state index < -0.39 is 0 Å². The molecule has 0 aliphatic carbocycles. The van der Waals surface area contributed by atoms with Crippen LogP contribution >= 0.6 is 0 Å². The summed E-state index contributed by atoms with van der Waals surface area (Å²) in [5.41, 5.74) is 3.27. The van der Waals surface area contributed by atoms with Crippen molar-refractivity contribution >= 4 is 11.6 Å². The number of rotatable bonds is 5. The SMILES string of the molecule is Cc1ccc(NC(=O)C[C@@H](c2ccccc2C)n2cccc2)cc1F. The molecule has 1 N–H and O–H groups in total. The third kappa shape index (κ3) is 3.97. The van der Waals surface area contributed by atoms with Crippen molar-refractivity contribution in [1.82, 2.24) is 4.57 Å². The largest absolute Gasteiger partial charge is 0.346 e. The molecule has 25 heavy (non-hydrogen) atoms. The van der Waals surface area contributed by atoms with Crippen LogP contribution in [0.1, 0.15) is 29.2 Å². The first-order chi connectivity index (χ1) is 12.0. The molecule has 4 heteroatoms. The molecule has 0 saturated heterocycles. The van der Waals surface area contributed by atoms with Crippen LogP contribution in [0.5, 0.6) is 0 Å². The predicted octanol–water partition coefficient (Wildman–Crippen LogP) is 4.86. The van der Waals surface area contributed by atoms with Crippen LogP contribution < -0.4 is 5.32 Å². The van der Waals surface area contributed by atoms with Gasteiger partial charge in [-0.05, 0) is 54.8 Å². The van der Waals surface area contributed by atoms with Gasteiger partial charge in [0, 0.05) is 18.1 Å². The third-order valence-electron chi connectivity index (χ3n) is 4.37. The van der Waals surface area contributed by atoms with Crippen molar-refractivity contribution in [2.45, 2.75) is 26.3 Å². The lowest BCUT2D eigenvalue weighted by atomic mass is 9.98. The highest BCUT2D eigenvalue weighted by Crippen LogP contribution is 2.26. The van der Waals surface area contributed by atoms with Crippen molar-refractivity contribution in [3.63, 3.8) is 0 Å². The molecule has 2 aromatic carbocycles. The highest BCUT2D eigenvalue weighted by Gasteiger charge is 2.19. The molecule has 0 aliphatic heterocycles. The number of aromatic nitrogens is 1. The van der Waals surface area contributed by atoms with Gasteiger partial charge in [0.25, 0.3) is 0 Å². The van der Waals surface area contributed by atoms with Crippen LogP contribution in [0.25, 0.3) is 0 Å². The van der Waals surface area contributed by atoms with E-state index in [-0.39, 0.29) is 24.2 Å². The highest BCUT2D eigenvalue weighted by atomic mass is 19.1. The fraction of sp³-hybridized carbons (Fsp3) is 0.190. The van der Waals surface area contributed by atoms with E-state index in [1.54, 1.807) is 19.1 Å². The van der Waals surface area contributed by atoms with Crippen molar-refractivity contribution in [3.8, 4) is 0 Å². The molecule has 1 heterocycles. The number of hydrogen-bond donors (Lipinski definition) is 1. The first-order valence-corrected chi connectivity index (χ1v) is 8.28. The molecule has 0 aliphatic rings. The number of hydrogen-bond acceptors (Lipinski definition) is 1. The second-order valence-electron chi connectivity index (χ2n) is 6.22. The third-order valence-corrected chi connectivity index (χ3v) is 4.37. The maximum absolute atomic E-state index is 13.7. The zero-order valence-corrected chi connectivity index (χ0v) is 14.4. The van der Waals surface area contributed by atoms with Gasteiger partial charge in [0.15, 0.2) is 0 Å². The average molecular weight is 336 g/mol. The molecule has 0 fully saturated rings. The molecule has 0 bridgehead atoms. The van der Waals surface area contributed by atoms with Crippen LogP contribution in [0.3, 0.4) is 0 Å². The maximum atomic E-state index is 13.7. The maximum Gasteiger partial charge on any atom is 0.226 e. The minimum Gasteiger partial charge on any atom is -0.346 e. The monoisotopic (exact) mass is 336 g/mol. The van der Waals surface area contributed by atoms with E-state index in [0.717, 1.165) is 11.1 Å². The molecular formula is C21H21FN2O. The molecule has 128 valence electrons. The number of aryl methyl sites for hydroxylation is 2.